The minimum absolute atomic E-state index is 0.220. The first-order valence-electron chi connectivity index (χ1n) is 16.7. The van der Waals surface area contributed by atoms with Crippen LogP contribution in [0.3, 0.4) is 0 Å². The Kier molecular flexibility index (Phi) is 10.5. The summed E-state index contributed by atoms with van der Waals surface area (Å²) in [4.78, 5) is 30.2. The number of hydrogen-bond acceptors (Lipinski definition) is 7. The maximum absolute atomic E-state index is 12.9. The highest BCUT2D eigenvalue weighted by Gasteiger charge is 2.21. The van der Waals surface area contributed by atoms with E-state index in [1.807, 2.05) is 78.9 Å². The lowest BCUT2D eigenvalue weighted by Crippen LogP contribution is -2.27. The fraction of sp³-hybridized carbons (Fsp3) is 0.103. The number of H-pyrrole nitrogens is 2. The number of rotatable bonds is 13. The summed E-state index contributed by atoms with van der Waals surface area (Å²) in [5, 5.41) is 15.0. The molecule has 2 aromatic heterocycles. The first-order valence-corrected chi connectivity index (χ1v) is 17.9. The van der Waals surface area contributed by atoms with E-state index >= 15 is 0 Å². The Balaban J connectivity index is 1.23. The Hall–Kier alpha value is -5.95. The maximum atomic E-state index is 12.9. The van der Waals surface area contributed by atoms with Gasteiger partial charge in [-0.3, -0.25) is 0 Å². The number of thiocarbonyl (C=S) groups is 1. The van der Waals surface area contributed by atoms with Gasteiger partial charge in [0, 0.05) is 58.6 Å². The van der Waals surface area contributed by atoms with E-state index in [0.29, 0.717) is 64.6 Å². The van der Waals surface area contributed by atoms with E-state index in [-0.39, 0.29) is 16.4 Å². The molecule has 7 aromatic rings. The number of aromatic nitrogens is 6. The van der Waals surface area contributed by atoms with Crippen molar-refractivity contribution in [1.29, 1.82) is 0 Å². The average Bonchev–Trinajstić information content (AvgIpc) is 3.74. The van der Waals surface area contributed by atoms with Crippen LogP contribution in [0, 0.1) is 0 Å². The van der Waals surface area contributed by atoms with Crippen molar-refractivity contribution in [3.63, 3.8) is 0 Å². The molecule has 0 atom stereocenters. The molecule has 0 radical (unpaired) electrons. The van der Waals surface area contributed by atoms with E-state index in [4.69, 9.17) is 41.2 Å². The summed E-state index contributed by atoms with van der Waals surface area (Å²) in [7, 11) is 0. The fourth-order valence-electron chi connectivity index (χ4n) is 6.27. The first-order chi connectivity index (χ1) is 25.8. The summed E-state index contributed by atoms with van der Waals surface area (Å²) in [5.41, 5.74) is 11.3. The van der Waals surface area contributed by atoms with Gasteiger partial charge in [-0.05, 0) is 91.0 Å². The van der Waals surface area contributed by atoms with Crippen molar-refractivity contribution in [3.8, 4) is 11.4 Å². The van der Waals surface area contributed by atoms with Crippen molar-refractivity contribution in [2.24, 2.45) is 5.73 Å². The van der Waals surface area contributed by atoms with Gasteiger partial charge in [-0.2, -0.15) is 10.2 Å². The zero-order chi connectivity index (χ0) is 36.9. The van der Waals surface area contributed by atoms with Gasteiger partial charge in [0.15, 0.2) is 0 Å². The number of nitrogens with zero attached hydrogens (tertiary/aromatic N) is 6. The van der Waals surface area contributed by atoms with Crippen molar-refractivity contribution in [2.45, 2.75) is 12.8 Å². The molecule has 5 aromatic carbocycles. The lowest BCUT2D eigenvalue weighted by molar-refractivity contribution is 0.804. The number of aromatic amines is 2. The fourth-order valence-corrected chi connectivity index (χ4v) is 6.68. The summed E-state index contributed by atoms with van der Waals surface area (Å²) in [6.45, 7) is 0.919. The van der Waals surface area contributed by atoms with Crippen LogP contribution in [0.2, 0.25) is 10.0 Å². The highest BCUT2D eigenvalue weighted by Crippen LogP contribution is 2.34. The summed E-state index contributed by atoms with van der Waals surface area (Å²) in [6, 6.07) is 39.9. The van der Waals surface area contributed by atoms with E-state index in [9.17, 15) is 9.59 Å². The van der Waals surface area contributed by atoms with Gasteiger partial charge in [0.1, 0.15) is 16.6 Å². The molecule has 0 aliphatic carbocycles. The van der Waals surface area contributed by atoms with Gasteiger partial charge in [0.25, 0.3) is 0 Å². The van der Waals surface area contributed by atoms with Crippen molar-refractivity contribution in [1.82, 2.24) is 29.5 Å². The number of benzene rings is 5. The van der Waals surface area contributed by atoms with Gasteiger partial charge in [0.2, 0.25) is 0 Å². The van der Waals surface area contributed by atoms with Crippen molar-refractivity contribution in [2.75, 3.05) is 22.9 Å². The van der Waals surface area contributed by atoms with Crippen molar-refractivity contribution >= 4 is 63.2 Å². The molecule has 0 amide bonds. The standard InChI is InChI=1S/C39H33Cl2N9O2S/c40-26-11-15-30(16-12-26)49-35(43-45-38(49)51)21-23-47(28-7-3-1-4-8-28)32-19-20-34(33(25-32)37(42)53)48(29-9-5-2-6-10-29)24-22-36-44-46-39(52)50(36)31-17-13-27(41)14-18-31/h1-20,25H,21-24H2,(H2,42,53)(H,45,51)(H,46,52). The van der Waals surface area contributed by atoms with Crippen LogP contribution in [0.15, 0.2) is 137 Å². The third kappa shape index (κ3) is 7.80. The van der Waals surface area contributed by atoms with Gasteiger partial charge in [-0.15, -0.1) is 0 Å². The van der Waals surface area contributed by atoms with Gasteiger partial charge >= 0.3 is 11.4 Å². The predicted molar refractivity (Wildman–Crippen MR) is 215 cm³/mol. The van der Waals surface area contributed by atoms with Crippen LogP contribution in [0.25, 0.3) is 11.4 Å². The van der Waals surface area contributed by atoms with E-state index < -0.39 is 0 Å². The highest BCUT2D eigenvalue weighted by atomic mass is 35.5. The molecular weight excluding hydrogens is 729 g/mol. The lowest BCUT2D eigenvalue weighted by atomic mass is 10.1. The number of nitrogens with two attached hydrogens (primary N) is 1. The normalized spacial score (nSPS) is 11.1. The molecule has 0 spiro atoms. The molecule has 4 N–H and O–H groups in total. The lowest BCUT2D eigenvalue weighted by Gasteiger charge is -2.30. The number of hydrogen-bond donors (Lipinski definition) is 3. The monoisotopic (exact) mass is 761 g/mol. The zero-order valence-corrected chi connectivity index (χ0v) is 30.5. The molecule has 266 valence electrons. The third-order valence-corrected chi connectivity index (χ3v) is 9.48. The van der Waals surface area contributed by atoms with Crippen molar-refractivity contribution < 1.29 is 0 Å². The van der Waals surface area contributed by atoms with Crippen LogP contribution in [0.5, 0.6) is 0 Å². The van der Waals surface area contributed by atoms with Gasteiger partial charge in [0.05, 0.1) is 17.1 Å². The Morgan fingerprint density at radius 1 is 0.623 bits per heavy atom. The largest absolute Gasteiger partial charge is 0.389 e. The van der Waals surface area contributed by atoms with Crippen LogP contribution >= 0.6 is 35.4 Å². The summed E-state index contributed by atoms with van der Waals surface area (Å²) >= 11 is 17.9. The number of nitrogens with one attached hydrogen (secondary N) is 2. The first kappa shape index (κ1) is 35.5. The Morgan fingerprint density at radius 3 is 1.55 bits per heavy atom. The topological polar surface area (TPSA) is 134 Å². The average molecular weight is 763 g/mol. The number of halogens is 2. The Bertz CT molecular complexity index is 2460. The minimum atomic E-state index is -0.345. The molecule has 0 saturated carbocycles. The maximum Gasteiger partial charge on any atom is 0.347 e. The summed E-state index contributed by atoms with van der Waals surface area (Å²) < 4.78 is 3.09. The van der Waals surface area contributed by atoms with Crippen LogP contribution in [0.1, 0.15) is 17.2 Å². The summed E-state index contributed by atoms with van der Waals surface area (Å²) in [6.07, 6.45) is 0.833. The molecule has 53 heavy (non-hydrogen) atoms. The Labute approximate surface area is 319 Å². The van der Waals surface area contributed by atoms with Crippen LogP contribution in [-0.4, -0.2) is 47.6 Å². The quantitative estimate of drug-likeness (QED) is 0.106. The summed E-state index contributed by atoms with van der Waals surface area (Å²) in [5.74, 6) is 1.12. The second-order valence-corrected chi connectivity index (χ2v) is 13.4. The molecule has 0 fully saturated rings. The van der Waals surface area contributed by atoms with Crippen LogP contribution in [0.4, 0.5) is 22.7 Å². The van der Waals surface area contributed by atoms with Gasteiger partial charge in [-0.1, -0.05) is 71.8 Å². The van der Waals surface area contributed by atoms with Gasteiger partial charge in [-0.25, -0.2) is 28.9 Å². The molecule has 0 aliphatic rings. The van der Waals surface area contributed by atoms with Crippen molar-refractivity contribution in [3.05, 3.63) is 176 Å². The number of anilines is 4. The van der Waals surface area contributed by atoms with Crippen LogP contribution < -0.4 is 26.9 Å². The second-order valence-electron chi connectivity index (χ2n) is 12.1. The molecule has 7 rings (SSSR count). The molecule has 0 saturated heterocycles. The molecule has 14 heteroatoms. The predicted octanol–water partition coefficient (Wildman–Crippen LogP) is 7.14. The van der Waals surface area contributed by atoms with E-state index in [0.717, 1.165) is 22.7 Å². The Morgan fingerprint density at radius 2 is 1.08 bits per heavy atom. The second kappa shape index (κ2) is 15.7. The highest BCUT2D eigenvalue weighted by molar-refractivity contribution is 7.80. The smallest absolute Gasteiger partial charge is 0.347 e. The number of para-hydroxylation sites is 2. The minimum Gasteiger partial charge on any atom is -0.389 e. The molecular formula is C39H33Cl2N9O2S. The van der Waals surface area contributed by atoms with Crippen LogP contribution in [-0.2, 0) is 12.8 Å². The van der Waals surface area contributed by atoms with E-state index in [1.54, 1.807) is 57.7 Å². The molecule has 2 heterocycles. The molecule has 0 unspecified atom stereocenters. The molecule has 0 bridgehead atoms. The van der Waals surface area contributed by atoms with E-state index in [1.165, 1.54) is 0 Å². The molecule has 11 nitrogen and oxygen atoms in total. The van der Waals surface area contributed by atoms with Gasteiger partial charge < -0.3 is 15.5 Å². The third-order valence-electron chi connectivity index (χ3n) is 8.76. The SMILES string of the molecule is NC(=S)c1cc(N(CCc2n[nH]c(=O)n2-c2ccc(Cl)cc2)c2ccccc2)ccc1N(CCc1n[nH]c(=O)n1-c1ccc(Cl)cc1)c1ccccc1. The van der Waals surface area contributed by atoms with E-state index in [2.05, 4.69) is 30.2 Å². The molecule has 0 aliphatic heterocycles. The zero-order valence-electron chi connectivity index (χ0n) is 28.2.